The number of hydrogen-bond acceptors (Lipinski definition) is 6. The van der Waals surface area contributed by atoms with Gasteiger partial charge in [0.25, 0.3) is 0 Å². The van der Waals surface area contributed by atoms with E-state index in [1.807, 2.05) is 97.1 Å². The van der Waals surface area contributed by atoms with E-state index < -0.39 is 0 Å². The molecule has 9 aromatic carbocycles. The Morgan fingerprint density at radius 3 is 1.11 bits per heavy atom. The van der Waals surface area contributed by atoms with Crippen LogP contribution in [-0.4, -0.2) is 14.1 Å². The second-order valence-electron chi connectivity index (χ2n) is 18.8. The minimum absolute atomic E-state index is 0.335. The van der Waals surface area contributed by atoms with E-state index in [4.69, 9.17) is 31.3 Å². The van der Waals surface area contributed by atoms with E-state index in [2.05, 4.69) is 58.9 Å². The maximum atomic E-state index is 10.5. The quantitative estimate of drug-likeness (QED) is 0.145. The number of rotatable bonds is 7. The molecule has 0 aliphatic carbocycles. The molecule has 0 spiro atoms. The van der Waals surface area contributed by atoms with Crippen LogP contribution in [0.15, 0.2) is 182 Å². The second-order valence-corrected chi connectivity index (χ2v) is 18.8. The Hall–Kier alpha value is -12.9. The summed E-state index contributed by atoms with van der Waals surface area (Å²) in [6, 6.07) is 64.8. The zero-order valence-corrected chi connectivity index (χ0v) is 41.7. The topological polar surface area (TPSA) is 159 Å². The van der Waals surface area contributed by atoms with Gasteiger partial charge >= 0.3 is 0 Å². The van der Waals surface area contributed by atoms with E-state index in [-0.39, 0.29) is 0 Å². The molecule has 0 saturated carbocycles. The van der Waals surface area contributed by atoms with Crippen molar-refractivity contribution in [1.29, 1.82) is 26.3 Å². The van der Waals surface area contributed by atoms with Crippen molar-refractivity contribution in [2.75, 3.05) is 0 Å². The van der Waals surface area contributed by atoms with Gasteiger partial charge in [0.05, 0.1) is 107 Å². The third kappa shape index (κ3) is 8.26. The average Bonchev–Trinajstić information content (AvgIpc) is 4.27. The van der Waals surface area contributed by atoms with E-state index in [1.165, 1.54) is 0 Å². The molecule has 12 aromatic rings. The number of nitriles is 5. The van der Waals surface area contributed by atoms with Crippen molar-refractivity contribution in [3.63, 3.8) is 0 Å². The highest BCUT2D eigenvalue weighted by Crippen LogP contribution is 2.43. The Labute approximate surface area is 457 Å². The van der Waals surface area contributed by atoms with Crippen LogP contribution in [0.25, 0.3) is 130 Å². The fourth-order valence-electron chi connectivity index (χ4n) is 10.6. The Balaban J connectivity index is 1.08. The van der Waals surface area contributed by atoms with Crippen LogP contribution in [0, 0.1) is 82.9 Å². The lowest BCUT2D eigenvalue weighted by molar-refractivity contribution is 1.14. The van der Waals surface area contributed by atoms with Crippen LogP contribution >= 0.6 is 0 Å². The van der Waals surface area contributed by atoms with Crippen molar-refractivity contribution in [3.8, 4) is 97.5 Å². The third-order valence-corrected chi connectivity index (χ3v) is 14.2. The Kier molecular flexibility index (Phi) is 11.7. The fourth-order valence-corrected chi connectivity index (χ4v) is 10.6. The van der Waals surface area contributed by atoms with Gasteiger partial charge in [0.15, 0.2) is 22.7 Å². The average molecular weight is 1020 g/mol. The van der Waals surface area contributed by atoms with Gasteiger partial charge in [-0.2, -0.15) is 26.3 Å². The lowest BCUT2D eigenvalue weighted by Gasteiger charge is -2.16. The lowest BCUT2D eigenvalue weighted by Crippen LogP contribution is -2.01. The number of hydrogen-bond donors (Lipinski definition) is 0. The number of aromatic nitrogens is 3. The first kappa shape index (κ1) is 48.1. The predicted molar refractivity (Wildman–Crippen MR) is 309 cm³/mol. The lowest BCUT2D eigenvalue weighted by atomic mass is 9.97. The van der Waals surface area contributed by atoms with Gasteiger partial charge in [-0.05, 0) is 178 Å². The monoisotopic (exact) mass is 1010 g/mol. The molecule has 12 rings (SSSR count). The van der Waals surface area contributed by atoms with Gasteiger partial charge in [0, 0.05) is 50.1 Å². The summed E-state index contributed by atoms with van der Waals surface area (Å²) in [5, 5.41) is 53.4. The standard InChI is InChI=1S/C68H30N12/c1-74-53-22-43(38-72)20-50(25-53)46-7-12-65-59(30-46)58-29-45(49-18-41(36-70)17-42(19-49)37-71)6-11-64(58)79(65)57-15-16-78-63(34-57)62-24-40(35-69)5-10-68(62)80-66-13-8-47(51-21-44(39-73)23-54(26-51)75-2)31-60(66)61-32-48(9-14-67(61)80)52-27-55(76-3)33-56(28-52)77-4/h5-34H. The van der Waals surface area contributed by atoms with Crippen molar-refractivity contribution in [1.82, 2.24) is 14.1 Å². The molecule has 12 nitrogen and oxygen atoms in total. The Morgan fingerprint density at radius 2 is 0.700 bits per heavy atom. The summed E-state index contributed by atoms with van der Waals surface area (Å²) in [4.78, 5) is 19.6. The van der Waals surface area contributed by atoms with E-state index in [9.17, 15) is 26.3 Å². The highest BCUT2D eigenvalue weighted by molar-refractivity contribution is 6.13. The van der Waals surface area contributed by atoms with Crippen LogP contribution in [0.5, 0.6) is 0 Å². The van der Waals surface area contributed by atoms with Crippen LogP contribution in [0.1, 0.15) is 27.8 Å². The zero-order chi connectivity index (χ0) is 55.2. The molecule has 0 aliphatic rings. The van der Waals surface area contributed by atoms with Crippen LogP contribution < -0.4 is 0 Å². The molecule has 0 atom stereocenters. The van der Waals surface area contributed by atoms with Crippen LogP contribution in [0.2, 0.25) is 0 Å². The number of benzene rings is 9. The highest BCUT2D eigenvalue weighted by atomic mass is 15.0. The van der Waals surface area contributed by atoms with Gasteiger partial charge in [-0.1, -0.05) is 42.5 Å². The number of nitrogens with zero attached hydrogens (tertiary/aromatic N) is 12. The molecule has 0 aliphatic heterocycles. The van der Waals surface area contributed by atoms with Gasteiger partial charge in [-0.25, -0.2) is 19.4 Å². The van der Waals surface area contributed by atoms with Crippen LogP contribution in [-0.2, 0) is 0 Å². The zero-order valence-electron chi connectivity index (χ0n) is 41.7. The van der Waals surface area contributed by atoms with E-state index in [0.717, 1.165) is 71.6 Å². The van der Waals surface area contributed by atoms with Gasteiger partial charge in [0.2, 0.25) is 0 Å². The molecule has 80 heavy (non-hydrogen) atoms. The van der Waals surface area contributed by atoms with E-state index in [1.54, 1.807) is 85.1 Å². The van der Waals surface area contributed by atoms with Crippen molar-refractivity contribution < 1.29 is 0 Å². The van der Waals surface area contributed by atoms with E-state index in [0.29, 0.717) is 89.8 Å². The predicted octanol–water partition coefficient (Wildman–Crippen LogP) is 17.2. The molecule has 0 amide bonds. The molecule has 3 heterocycles. The van der Waals surface area contributed by atoms with E-state index >= 15 is 0 Å². The molecule has 3 aromatic heterocycles. The normalized spacial score (nSPS) is 10.6. The fraction of sp³-hybridized carbons (Fsp3) is 0. The van der Waals surface area contributed by atoms with Gasteiger partial charge in [-0.3, -0.25) is 4.98 Å². The van der Waals surface area contributed by atoms with Gasteiger partial charge in [0.1, 0.15) is 0 Å². The molecule has 12 heteroatoms. The summed E-state index contributed by atoms with van der Waals surface area (Å²) >= 11 is 0. The summed E-state index contributed by atoms with van der Waals surface area (Å²) in [6.45, 7) is 31.0. The van der Waals surface area contributed by atoms with Gasteiger partial charge in [-0.15, -0.1) is 0 Å². The minimum atomic E-state index is 0.335. The first-order valence-electron chi connectivity index (χ1n) is 24.5. The minimum Gasteiger partial charge on any atom is -0.309 e. The van der Waals surface area contributed by atoms with Crippen molar-refractivity contribution in [2.24, 2.45) is 0 Å². The Morgan fingerprint density at radius 1 is 0.325 bits per heavy atom. The van der Waals surface area contributed by atoms with Crippen molar-refractivity contribution in [2.45, 2.75) is 0 Å². The summed E-state index contributed by atoms with van der Waals surface area (Å²) in [5.41, 5.74) is 15.1. The van der Waals surface area contributed by atoms with Crippen molar-refractivity contribution >= 4 is 66.4 Å². The molecule has 0 saturated heterocycles. The molecule has 0 fully saturated rings. The maximum Gasteiger partial charge on any atom is 0.189 e. The molecule has 0 bridgehead atoms. The molecule has 362 valence electrons. The first-order valence-corrected chi connectivity index (χ1v) is 24.5. The molecular formula is C68H30N12. The SMILES string of the molecule is [C-]#[N+]c1cc(C#N)cc(-c2ccc3c(c2)c2cc(-c4cc(C#N)cc(C#N)c4)ccc2n3-c2ccnc(-c3cc(C#N)ccc3-n3c4ccc(-c5cc(C#N)cc([N+]#[C-])c5)cc4c4cc(-c5cc([N+]#[C-])cc([N+]#[C-])c5)ccc43)c2)c1. The van der Waals surface area contributed by atoms with Crippen LogP contribution in [0.3, 0.4) is 0 Å². The van der Waals surface area contributed by atoms with Crippen LogP contribution in [0.4, 0.5) is 22.7 Å². The molecule has 0 N–H and O–H groups in total. The largest absolute Gasteiger partial charge is 0.309 e. The third-order valence-electron chi connectivity index (χ3n) is 14.2. The highest BCUT2D eigenvalue weighted by Gasteiger charge is 2.22. The summed E-state index contributed by atoms with van der Waals surface area (Å²) < 4.78 is 4.26. The summed E-state index contributed by atoms with van der Waals surface area (Å²) in [6.07, 6.45) is 1.73. The number of fused-ring (bicyclic) bond motifs is 6. The summed E-state index contributed by atoms with van der Waals surface area (Å²) in [5.74, 6) is 0. The molecule has 0 radical (unpaired) electrons. The molecular weight excluding hydrogens is 985 g/mol. The maximum absolute atomic E-state index is 10.5. The Bertz CT molecular complexity index is 4750. The first-order chi connectivity index (χ1) is 39.1. The second kappa shape index (κ2) is 19.4. The number of pyridine rings is 1. The summed E-state index contributed by atoms with van der Waals surface area (Å²) in [7, 11) is 0. The smallest absolute Gasteiger partial charge is 0.189 e. The van der Waals surface area contributed by atoms with Crippen molar-refractivity contribution in [3.05, 3.63) is 256 Å². The molecule has 0 unspecified atom stereocenters. The van der Waals surface area contributed by atoms with Gasteiger partial charge < -0.3 is 9.13 Å².